The molecule has 2 heterocycles. The lowest BCUT2D eigenvalue weighted by Crippen LogP contribution is -2.49. The number of halogens is 1. The molecule has 2 unspecified atom stereocenters. The second kappa shape index (κ2) is 7.73. The van der Waals surface area contributed by atoms with Gasteiger partial charge in [0.05, 0.1) is 17.5 Å². The van der Waals surface area contributed by atoms with Gasteiger partial charge < -0.3 is 9.80 Å². The van der Waals surface area contributed by atoms with Gasteiger partial charge in [0.15, 0.2) is 0 Å². The molecule has 0 spiro atoms. The van der Waals surface area contributed by atoms with Crippen molar-refractivity contribution in [2.45, 2.75) is 19.3 Å². The van der Waals surface area contributed by atoms with Gasteiger partial charge in [-0.2, -0.15) is 0 Å². The molecule has 6 nitrogen and oxygen atoms in total. The van der Waals surface area contributed by atoms with Crippen LogP contribution < -0.4 is 4.90 Å². The third-order valence-corrected chi connectivity index (χ3v) is 5.97. The number of anilines is 1. The number of rotatable bonds is 4. The van der Waals surface area contributed by atoms with Crippen molar-refractivity contribution < 1.29 is 18.8 Å². The standard InChI is InChI=1S/C21H24FN3O3/c22-17-7-3-4-8-18(17)23-11-13-24(14-12-23)19(26)9-10-25-20(27)15-5-1-2-6-16(15)21(25)28/h1-4,7-8,15-16H,5-6,9-14H2. The van der Waals surface area contributed by atoms with Crippen LogP contribution in [-0.4, -0.2) is 60.2 Å². The van der Waals surface area contributed by atoms with Gasteiger partial charge in [-0.1, -0.05) is 24.3 Å². The molecule has 0 aromatic heterocycles. The van der Waals surface area contributed by atoms with Crippen LogP contribution in [0.15, 0.2) is 36.4 Å². The summed E-state index contributed by atoms with van der Waals surface area (Å²) in [5.74, 6) is -1.12. The topological polar surface area (TPSA) is 60.9 Å². The zero-order valence-corrected chi connectivity index (χ0v) is 15.7. The van der Waals surface area contributed by atoms with E-state index < -0.39 is 0 Å². The summed E-state index contributed by atoms with van der Waals surface area (Å²) in [7, 11) is 0. The van der Waals surface area contributed by atoms with Crippen LogP contribution in [0.5, 0.6) is 0 Å². The van der Waals surface area contributed by atoms with E-state index in [1.807, 2.05) is 17.1 Å². The minimum Gasteiger partial charge on any atom is -0.366 e. The van der Waals surface area contributed by atoms with Crippen LogP contribution in [0.2, 0.25) is 0 Å². The van der Waals surface area contributed by atoms with Crippen molar-refractivity contribution >= 4 is 23.4 Å². The van der Waals surface area contributed by atoms with E-state index in [9.17, 15) is 18.8 Å². The fourth-order valence-corrected chi connectivity index (χ4v) is 4.36. The fraction of sp³-hybridized carbons (Fsp3) is 0.476. The highest BCUT2D eigenvalue weighted by Crippen LogP contribution is 2.35. The quantitative estimate of drug-likeness (QED) is 0.586. The van der Waals surface area contributed by atoms with Crippen molar-refractivity contribution in [2.75, 3.05) is 37.6 Å². The van der Waals surface area contributed by atoms with Crippen LogP contribution in [0.1, 0.15) is 19.3 Å². The Morgan fingerprint density at radius 2 is 1.57 bits per heavy atom. The van der Waals surface area contributed by atoms with Gasteiger partial charge in [0.25, 0.3) is 0 Å². The molecule has 7 heteroatoms. The smallest absolute Gasteiger partial charge is 0.233 e. The monoisotopic (exact) mass is 385 g/mol. The molecular formula is C21H24FN3O3. The number of hydrogen-bond donors (Lipinski definition) is 0. The number of benzene rings is 1. The number of likely N-dealkylation sites (tertiary alicyclic amines) is 1. The van der Waals surface area contributed by atoms with E-state index in [1.165, 1.54) is 11.0 Å². The van der Waals surface area contributed by atoms with Crippen LogP contribution in [0, 0.1) is 17.7 Å². The fourth-order valence-electron chi connectivity index (χ4n) is 4.36. The predicted molar refractivity (Wildman–Crippen MR) is 102 cm³/mol. The third kappa shape index (κ3) is 3.41. The van der Waals surface area contributed by atoms with E-state index in [-0.39, 0.29) is 48.3 Å². The van der Waals surface area contributed by atoms with Crippen LogP contribution in [0.4, 0.5) is 10.1 Å². The van der Waals surface area contributed by atoms with Gasteiger partial charge >= 0.3 is 0 Å². The summed E-state index contributed by atoms with van der Waals surface area (Å²) in [5.41, 5.74) is 0.555. The molecular weight excluding hydrogens is 361 g/mol. The molecule has 1 aliphatic carbocycles. The van der Waals surface area contributed by atoms with Crippen molar-refractivity contribution in [3.05, 3.63) is 42.2 Å². The SMILES string of the molecule is O=C(CCN1C(=O)C2CC=CCC2C1=O)N1CCN(c2ccccc2F)CC1. The number of amides is 3. The zero-order chi connectivity index (χ0) is 19.7. The molecule has 0 saturated carbocycles. The second-order valence-corrected chi connectivity index (χ2v) is 7.55. The van der Waals surface area contributed by atoms with E-state index in [0.29, 0.717) is 44.7 Å². The minimum absolute atomic E-state index is 0.0678. The average molecular weight is 385 g/mol. The molecule has 148 valence electrons. The average Bonchev–Trinajstić information content (AvgIpc) is 2.97. The Morgan fingerprint density at radius 3 is 2.18 bits per heavy atom. The molecule has 2 atom stereocenters. The molecule has 4 rings (SSSR count). The van der Waals surface area contributed by atoms with E-state index in [2.05, 4.69) is 0 Å². The molecule has 0 N–H and O–H groups in total. The van der Waals surface area contributed by atoms with E-state index >= 15 is 0 Å². The summed E-state index contributed by atoms with van der Waals surface area (Å²) in [5, 5.41) is 0. The number of carbonyl (C=O) groups is 3. The lowest BCUT2D eigenvalue weighted by atomic mass is 9.85. The molecule has 1 aromatic rings. The van der Waals surface area contributed by atoms with Gasteiger partial charge in [-0.15, -0.1) is 0 Å². The van der Waals surface area contributed by atoms with Crippen LogP contribution in [0.25, 0.3) is 0 Å². The van der Waals surface area contributed by atoms with Crippen molar-refractivity contribution in [3.63, 3.8) is 0 Å². The number of piperazine rings is 1. The number of fused-ring (bicyclic) bond motifs is 1. The number of para-hydroxylation sites is 1. The van der Waals surface area contributed by atoms with Crippen molar-refractivity contribution in [1.29, 1.82) is 0 Å². The maximum atomic E-state index is 13.9. The summed E-state index contributed by atoms with van der Waals surface area (Å²) < 4.78 is 13.9. The minimum atomic E-state index is -0.260. The van der Waals surface area contributed by atoms with Gasteiger partial charge in [0.2, 0.25) is 17.7 Å². The Morgan fingerprint density at radius 1 is 0.964 bits per heavy atom. The third-order valence-electron chi connectivity index (χ3n) is 5.97. The Bertz CT molecular complexity index is 791. The summed E-state index contributed by atoms with van der Waals surface area (Å²) in [6, 6.07) is 6.63. The van der Waals surface area contributed by atoms with Gasteiger partial charge in [-0.25, -0.2) is 4.39 Å². The molecule has 3 aliphatic rings. The van der Waals surface area contributed by atoms with Gasteiger partial charge in [0.1, 0.15) is 5.82 Å². The molecule has 0 bridgehead atoms. The summed E-state index contributed by atoms with van der Waals surface area (Å²) in [6.07, 6.45) is 5.27. The normalized spacial score (nSPS) is 24.7. The largest absolute Gasteiger partial charge is 0.366 e. The van der Waals surface area contributed by atoms with Crippen molar-refractivity contribution in [3.8, 4) is 0 Å². The van der Waals surface area contributed by atoms with Gasteiger partial charge in [0, 0.05) is 39.1 Å². The number of nitrogens with zero attached hydrogens (tertiary/aromatic N) is 3. The van der Waals surface area contributed by atoms with Crippen LogP contribution in [-0.2, 0) is 14.4 Å². The Kier molecular flexibility index (Phi) is 5.15. The maximum absolute atomic E-state index is 13.9. The predicted octanol–water partition coefficient (Wildman–Crippen LogP) is 1.82. The number of allylic oxidation sites excluding steroid dienone is 2. The van der Waals surface area contributed by atoms with E-state index in [4.69, 9.17) is 0 Å². The van der Waals surface area contributed by atoms with Crippen LogP contribution in [0.3, 0.4) is 0 Å². The Labute approximate surface area is 163 Å². The first-order chi connectivity index (χ1) is 13.6. The van der Waals surface area contributed by atoms with E-state index in [0.717, 1.165) is 0 Å². The molecule has 28 heavy (non-hydrogen) atoms. The second-order valence-electron chi connectivity index (χ2n) is 7.55. The molecule has 1 aromatic carbocycles. The Hall–Kier alpha value is -2.70. The van der Waals surface area contributed by atoms with Gasteiger partial charge in [-0.3, -0.25) is 19.3 Å². The van der Waals surface area contributed by atoms with Crippen molar-refractivity contribution in [1.82, 2.24) is 9.80 Å². The maximum Gasteiger partial charge on any atom is 0.233 e. The first-order valence-corrected chi connectivity index (χ1v) is 9.83. The highest BCUT2D eigenvalue weighted by molar-refractivity contribution is 6.05. The first-order valence-electron chi connectivity index (χ1n) is 9.83. The zero-order valence-electron chi connectivity index (χ0n) is 15.7. The molecule has 2 saturated heterocycles. The summed E-state index contributed by atoms with van der Waals surface area (Å²) in [4.78, 5) is 42.5. The summed E-state index contributed by atoms with van der Waals surface area (Å²) >= 11 is 0. The number of hydrogen-bond acceptors (Lipinski definition) is 4. The molecule has 0 radical (unpaired) electrons. The summed E-state index contributed by atoms with van der Waals surface area (Å²) in [6.45, 7) is 2.28. The molecule has 3 amide bonds. The van der Waals surface area contributed by atoms with E-state index in [1.54, 1.807) is 23.1 Å². The van der Waals surface area contributed by atoms with Gasteiger partial charge in [-0.05, 0) is 25.0 Å². The first kappa shape index (κ1) is 18.7. The lowest BCUT2D eigenvalue weighted by Gasteiger charge is -2.36. The molecule has 2 aliphatic heterocycles. The van der Waals surface area contributed by atoms with Crippen molar-refractivity contribution in [2.24, 2.45) is 11.8 Å². The number of imide groups is 1. The van der Waals surface area contributed by atoms with Crippen LogP contribution >= 0.6 is 0 Å². The lowest BCUT2D eigenvalue weighted by molar-refractivity contribution is -0.140. The molecule has 2 fully saturated rings. The number of carbonyl (C=O) groups excluding carboxylic acids is 3. The highest BCUT2D eigenvalue weighted by atomic mass is 19.1. The highest BCUT2D eigenvalue weighted by Gasteiger charge is 2.47. The Balaban J connectivity index is 1.29.